The number of hydrogen-bond acceptors (Lipinski definition) is 2. The maximum absolute atomic E-state index is 10.6. The smallest absolute Gasteiger partial charge is 0.246 e. The Labute approximate surface area is 73.3 Å². The summed E-state index contributed by atoms with van der Waals surface area (Å²) in [5, 5.41) is 0. The van der Waals surface area contributed by atoms with Gasteiger partial charge < -0.3 is 10.5 Å². The maximum atomic E-state index is 10.6. The molecule has 12 heavy (non-hydrogen) atoms. The average Bonchev–Trinajstić information content (AvgIpc) is 2.51. The zero-order valence-corrected chi connectivity index (χ0v) is 7.58. The molecule has 0 radical (unpaired) electrons. The molecule has 0 spiro atoms. The third-order valence-corrected chi connectivity index (χ3v) is 2.46. The van der Waals surface area contributed by atoms with Crippen LogP contribution in [0, 0.1) is 5.92 Å². The highest BCUT2D eigenvalue weighted by Gasteiger charge is 2.17. The summed E-state index contributed by atoms with van der Waals surface area (Å²) in [4.78, 5) is 10.6. The number of hydrogen-bond donors (Lipinski definition) is 1. The number of amides is 1. The van der Waals surface area contributed by atoms with Crippen LogP contribution < -0.4 is 5.73 Å². The SMILES string of the molecule is CC(OCC1CCCC1)C(N)=O. The molecule has 1 aliphatic carbocycles. The van der Waals surface area contributed by atoms with Crippen molar-refractivity contribution < 1.29 is 9.53 Å². The second-order valence-corrected chi connectivity index (χ2v) is 3.53. The molecule has 1 unspecified atom stereocenters. The molecule has 1 amide bonds. The van der Waals surface area contributed by atoms with Crippen LogP contribution in [-0.2, 0) is 9.53 Å². The summed E-state index contributed by atoms with van der Waals surface area (Å²) >= 11 is 0. The summed E-state index contributed by atoms with van der Waals surface area (Å²) in [6.45, 7) is 2.40. The Bertz CT molecular complexity index is 153. The fourth-order valence-corrected chi connectivity index (χ4v) is 1.54. The lowest BCUT2D eigenvalue weighted by Gasteiger charge is -2.13. The molecular weight excluding hydrogens is 154 g/mol. The lowest BCUT2D eigenvalue weighted by molar-refractivity contribution is -0.129. The molecule has 0 bridgehead atoms. The summed E-state index contributed by atoms with van der Waals surface area (Å²) in [7, 11) is 0. The molecule has 0 heterocycles. The van der Waals surface area contributed by atoms with E-state index in [1.165, 1.54) is 25.7 Å². The van der Waals surface area contributed by atoms with Crippen LogP contribution in [0.4, 0.5) is 0 Å². The highest BCUT2D eigenvalue weighted by atomic mass is 16.5. The highest BCUT2D eigenvalue weighted by Crippen LogP contribution is 2.24. The summed E-state index contributed by atoms with van der Waals surface area (Å²) in [5.74, 6) is 0.291. The minimum absolute atomic E-state index is 0.368. The molecule has 0 aromatic heterocycles. The first kappa shape index (κ1) is 9.52. The Balaban J connectivity index is 2.11. The first-order valence-electron chi connectivity index (χ1n) is 4.61. The maximum Gasteiger partial charge on any atom is 0.246 e. The van der Waals surface area contributed by atoms with Gasteiger partial charge in [0.2, 0.25) is 5.91 Å². The van der Waals surface area contributed by atoms with Crippen molar-refractivity contribution in [2.45, 2.75) is 38.7 Å². The van der Waals surface area contributed by atoms with E-state index in [4.69, 9.17) is 10.5 Å². The van der Waals surface area contributed by atoms with E-state index in [1.54, 1.807) is 6.92 Å². The number of rotatable bonds is 4. The standard InChI is InChI=1S/C9H17NO2/c1-7(9(10)11)12-6-8-4-2-3-5-8/h7-8H,2-6H2,1H3,(H2,10,11). The molecule has 3 heteroatoms. The first-order chi connectivity index (χ1) is 5.70. The number of nitrogens with two attached hydrogens (primary N) is 1. The molecule has 1 fully saturated rings. The molecule has 1 saturated carbocycles. The van der Waals surface area contributed by atoms with Crippen LogP contribution in [0.3, 0.4) is 0 Å². The van der Waals surface area contributed by atoms with Crippen molar-refractivity contribution in [1.29, 1.82) is 0 Å². The zero-order chi connectivity index (χ0) is 8.97. The van der Waals surface area contributed by atoms with Crippen molar-refractivity contribution >= 4 is 5.91 Å². The molecular formula is C9H17NO2. The molecule has 3 nitrogen and oxygen atoms in total. The number of carbonyl (C=O) groups is 1. The monoisotopic (exact) mass is 171 g/mol. The molecule has 1 aliphatic rings. The van der Waals surface area contributed by atoms with Crippen LogP contribution in [0.5, 0.6) is 0 Å². The summed E-state index contributed by atoms with van der Waals surface area (Å²) < 4.78 is 5.31. The van der Waals surface area contributed by atoms with E-state index >= 15 is 0 Å². The Hall–Kier alpha value is -0.570. The fourth-order valence-electron chi connectivity index (χ4n) is 1.54. The van der Waals surface area contributed by atoms with Gasteiger partial charge in [-0.05, 0) is 25.7 Å². The molecule has 0 aliphatic heterocycles. The molecule has 1 atom stereocenters. The van der Waals surface area contributed by atoms with Crippen molar-refractivity contribution in [2.24, 2.45) is 11.7 Å². The van der Waals surface area contributed by atoms with Crippen molar-refractivity contribution in [3.8, 4) is 0 Å². The van der Waals surface area contributed by atoms with E-state index in [2.05, 4.69) is 0 Å². The molecule has 0 aromatic rings. The number of ether oxygens (including phenoxy) is 1. The van der Waals surface area contributed by atoms with Gasteiger partial charge in [-0.2, -0.15) is 0 Å². The van der Waals surface area contributed by atoms with Crippen LogP contribution in [0.2, 0.25) is 0 Å². The van der Waals surface area contributed by atoms with Crippen LogP contribution in [0.15, 0.2) is 0 Å². The largest absolute Gasteiger partial charge is 0.368 e. The fraction of sp³-hybridized carbons (Fsp3) is 0.889. The highest BCUT2D eigenvalue weighted by molar-refractivity contribution is 5.78. The van der Waals surface area contributed by atoms with Gasteiger partial charge in [0.15, 0.2) is 0 Å². The lowest BCUT2D eigenvalue weighted by atomic mass is 10.1. The third-order valence-electron chi connectivity index (χ3n) is 2.46. The molecule has 0 aromatic carbocycles. The Morgan fingerprint density at radius 3 is 2.67 bits per heavy atom. The van der Waals surface area contributed by atoms with Gasteiger partial charge >= 0.3 is 0 Å². The second kappa shape index (κ2) is 4.45. The van der Waals surface area contributed by atoms with Gasteiger partial charge in [0.05, 0.1) is 6.61 Å². The molecule has 2 N–H and O–H groups in total. The quantitative estimate of drug-likeness (QED) is 0.687. The van der Waals surface area contributed by atoms with Crippen molar-refractivity contribution in [3.63, 3.8) is 0 Å². The van der Waals surface area contributed by atoms with E-state index in [-0.39, 0.29) is 5.91 Å². The zero-order valence-electron chi connectivity index (χ0n) is 7.58. The van der Waals surface area contributed by atoms with Gasteiger partial charge in [0, 0.05) is 0 Å². The summed E-state index contributed by atoms with van der Waals surface area (Å²) in [6.07, 6.45) is 4.67. The summed E-state index contributed by atoms with van der Waals surface area (Å²) in [5.41, 5.74) is 5.06. The van der Waals surface area contributed by atoms with Gasteiger partial charge in [-0.15, -0.1) is 0 Å². The van der Waals surface area contributed by atoms with Crippen LogP contribution in [0.1, 0.15) is 32.6 Å². The van der Waals surface area contributed by atoms with E-state index in [1.807, 2.05) is 0 Å². The number of primary amides is 1. The van der Waals surface area contributed by atoms with E-state index in [9.17, 15) is 4.79 Å². The van der Waals surface area contributed by atoms with E-state index < -0.39 is 6.10 Å². The predicted octanol–water partition coefficient (Wildman–Crippen LogP) is 1.07. The van der Waals surface area contributed by atoms with E-state index in [0.717, 1.165) is 0 Å². The predicted molar refractivity (Wildman–Crippen MR) is 46.6 cm³/mol. The summed E-state index contributed by atoms with van der Waals surface area (Å²) in [6, 6.07) is 0. The van der Waals surface area contributed by atoms with Crippen molar-refractivity contribution in [3.05, 3.63) is 0 Å². The van der Waals surface area contributed by atoms with Gasteiger partial charge in [0.25, 0.3) is 0 Å². The Morgan fingerprint density at radius 2 is 2.17 bits per heavy atom. The van der Waals surface area contributed by atoms with Crippen LogP contribution >= 0.6 is 0 Å². The van der Waals surface area contributed by atoms with Gasteiger partial charge in [-0.25, -0.2) is 0 Å². The molecule has 0 saturated heterocycles. The number of carbonyl (C=O) groups excluding carboxylic acids is 1. The van der Waals surface area contributed by atoms with Gasteiger partial charge in [0.1, 0.15) is 6.10 Å². The normalized spacial score (nSPS) is 21.1. The van der Waals surface area contributed by atoms with Crippen molar-refractivity contribution in [1.82, 2.24) is 0 Å². The molecule has 1 rings (SSSR count). The lowest BCUT2D eigenvalue weighted by Crippen LogP contribution is -2.29. The van der Waals surface area contributed by atoms with Gasteiger partial charge in [-0.1, -0.05) is 12.8 Å². The van der Waals surface area contributed by atoms with Crippen LogP contribution in [-0.4, -0.2) is 18.6 Å². The minimum atomic E-state index is -0.425. The topological polar surface area (TPSA) is 52.3 Å². The average molecular weight is 171 g/mol. The third kappa shape index (κ3) is 2.81. The van der Waals surface area contributed by atoms with Gasteiger partial charge in [-0.3, -0.25) is 4.79 Å². The first-order valence-corrected chi connectivity index (χ1v) is 4.61. The van der Waals surface area contributed by atoms with Crippen LogP contribution in [0.25, 0.3) is 0 Å². The van der Waals surface area contributed by atoms with Crippen molar-refractivity contribution in [2.75, 3.05) is 6.61 Å². The second-order valence-electron chi connectivity index (χ2n) is 3.53. The Kier molecular flexibility index (Phi) is 3.53. The van der Waals surface area contributed by atoms with E-state index in [0.29, 0.717) is 12.5 Å². The molecule has 70 valence electrons. The Morgan fingerprint density at radius 1 is 1.58 bits per heavy atom. The minimum Gasteiger partial charge on any atom is -0.368 e.